The van der Waals surface area contributed by atoms with Gasteiger partial charge in [-0.15, -0.1) is 0 Å². The molecule has 1 aromatic heterocycles. The van der Waals surface area contributed by atoms with E-state index >= 15 is 0 Å². The number of carboxylic acid groups (broad SMARTS) is 1. The third-order valence-electron chi connectivity index (χ3n) is 4.20. The number of thioether (sulfide) groups is 1. The van der Waals surface area contributed by atoms with Gasteiger partial charge in [0.15, 0.2) is 0 Å². The van der Waals surface area contributed by atoms with Crippen molar-refractivity contribution in [1.82, 2.24) is 9.55 Å². The van der Waals surface area contributed by atoms with Crippen LogP contribution in [-0.2, 0) is 17.8 Å². The van der Waals surface area contributed by atoms with Gasteiger partial charge in [0.2, 0.25) is 0 Å². The predicted octanol–water partition coefficient (Wildman–Crippen LogP) is 2.53. The van der Waals surface area contributed by atoms with E-state index < -0.39 is 11.9 Å². The molecular formula is C14H20N2O2S. The van der Waals surface area contributed by atoms with Gasteiger partial charge in [0, 0.05) is 12.7 Å². The Bertz CT molecular complexity index is 466. The number of nitrogens with zero attached hydrogens (tertiary/aromatic N) is 2. The van der Waals surface area contributed by atoms with Crippen LogP contribution in [0.15, 0.2) is 6.20 Å². The summed E-state index contributed by atoms with van der Waals surface area (Å²) in [5, 5.41) is 9.26. The number of aliphatic carboxylic acids is 1. The van der Waals surface area contributed by atoms with Gasteiger partial charge in [-0.05, 0) is 49.5 Å². The topological polar surface area (TPSA) is 55.1 Å². The molecule has 0 bridgehead atoms. The summed E-state index contributed by atoms with van der Waals surface area (Å²) in [4.78, 5) is 15.9. The van der Waals surface area contributed by atoms with Crippen LogP contribution in [0, 0.1) is 5.92 Å². The third kappa shape index (κ3) is 2.81. The fourth-order valence-corrected chi connectivity index (χ4v) is 4.32. The van der Waals surface area contributed by atoms with Gasteiger partial charge >= 0.3 is 5.97 Å². The standard InChI is InChI=1S/C14H20N2O2S/c17-14(18)12-2-1-5-16-9-11(15-13(12)16)8-10-3-6-19-7-4-10/h9-10,12H,1-8H2,(H,17,18). The first kappa shape index (κ1) is 13.0. The Morgan fingerprint density at radius 1 is 1.42 bits per heavy atom. The molecule has 0 amide bonds. The van der Waals surface area contributed by atoms with Gasteiger partial charge in [-0.25, -0.2) is 4.98 Å². The fourth-order valence-electron chi connectivity index (χ4n) is 3.12. The maximum absolute atomic E-state index is 11.3. The first-order valence-corrected chi connectivity index (χ1v) is 8.26. The van der Waals surface area contributed by atoms with Gasteiger partial charge in [-0.1, -0.05) is 0 Å². The lowest BCUT2D eigenvalue weighted by molar-refractivity contribution is -0.139. The van der Waals surface area contributed by atoms with Crippen molar-refractivity contribution in [1.29, 1.82) is 0 Å². The largest absolute Gasteiger partial charge is 0.481 e. The van der Waals surface area contributed by atoms with Crippen molar-refractivity contribution in [2.45, 2.75) is 44.6 Å². The monoisotopic (exact) mass is 280 g/mol. The molecule has 0 radical (unpaired) electrons. The van der Waals surface area contributed by atoms with E-state index in [2.05, 4.69) is 15.7 Å². The van der Waals surface area contributed by atoms with Crippen LogP contribution in [0.1, 0.15) is 43.1 Å². The zero-order chi connectivity index (χ0) is 13.2. The molecule has 1 aromatic rings. The molecule has 1 fully saturated rings. The summed E-state index contributed by atoms with van der Waals surface area (Å²) in [5.74, 6) is 2.91. The second kappa shape index (κ2) is 5.57. The smallest absolute Gasteiger partial charge is 0.314 e. The highest BCUT2D eigenvalue weighted by Gasteiger charge is 2.29. The SMILES string of the molecule is O=C(O)C1CCCn2cc(CC3CCSCC3)nc21. The number of fused-ring (bicyclic) bond motifs is 1. The first-order valence-electron chi connectivity index (χ1n) is 7.10. The lowest BCUT2D eigenvalue weighted by Gasteiger charge is -2.20. The zero-order valence-electron chi connectivity index (χ0n) is 11.0. The highest BCUT2D eigenvalue weighted by Crippen LogP contribution is 2.29. The van der Waals surface area contributed by atoms with Crippen LogP contribution in [0.25, 0.3) is 0 Å². The van der Waals surface area contributed by atoms with Gasteiger partial charge < -0.3 is 9.67 Å². The number of carbonyl (C=O) groups is 1. The van der Waals surface area contributed by atoms with Crippen LogP contribution in [0.2, 0.25) is 0 Å². The zero-order valence-corrected chi connectivity index (χ0v) is 11.9. The maximum Gasteiger partial charge on any atom is 0.314 e. The van der Waals surface area contributed by atoms with Crippen LogP contribution in [0.4, 0.5) is 0 Å². The number of aryl methyl sites for hydroxylation is 1. The molecule has 0 saturated carbocycles. The molecule has 0 spiro atoms. The van der Waals surface area contributed by atoms with Gasteiger partial charge in [-0.3, -0.25) is 4.79 Å². The molecule has 5 heteroatoms. The molecule has 104 valence electrons. The second-order valence-corrected chi connectivity index (χ2v) is 6.80. The number of rotatable bonds is 3. The fraction of sp³-hybridized carbons (Fsp3) is 0.714. The van der Waals surface area contributed by atoms with Crippen molar-refractivity contribution in [3.8, 4) is 0 Å². The van der Waals surface area contributed by atoms with Crippen molar-refractivity contribution in [2.24, 2.45) is 5.92 Å². The van der Waals surface area contributed by atoms with E-state index in [9.17, 15) is 9.90 Å². The maximum atomic E-state index is 11.3. The Balaban J connectivity index is 1.75. The van der Waals surface area contributed by atoms with E-state index in [1.807, 2.05) is 11.8 Å². The minimum absolute atomic E-state index is 0.399. The Hall–Kier alpha value is -0.970. The normalized spacial score (nSPS) is 24.1. The summed E-state index contributed by atoms with van der Waals surface area (Å²) >= 11 is 2.04. The first-order chi connectivity index (χ1) is 9.24. The molecule has 19 heavy (non-hydrogen) atoms. The number of hydrogen-bond donors (Lipinski definition) is 1. The highest BCUT2D eigenvalue weighted by molar-refractivity contribution is 7.99. The molecule has 2 aliphatic heterocycles. The molecule has 1 N–H and O–H groups in total. The van der Waals surface area contributed by atoms with Crippen molar-refractivity contribution >= 4 is 17.7 Å². The van der Waals surface area contributed by atoms with Crippen LogP contribution in [0.5, 0.6) is 0 Å². The molecule has 1 atom stereocenters. The lowest BCUT2D eigenvalue weighted by Crippen LogP contribution is -2.22. The third-order valence-corrected chi connectivity index (χ3v) is 5.25. The summed E-state index contributed by atoms with van der Waals surface area (Å²) in [7, 11) is 0. The summed E-state index contributed by atoms with van der Waals surface area (Å²) in [6.45, 7) is 0.923. The van der Waals surface area contributed by atoms with E-state index in [1.54, 1.807) is 0 Å². The summed E-state index contributed by atoms with van der Waals surface area (Å²) in [6.07, 6.45) is 7.33. The van der Waals surface area contributed by atoms with E-state index in [-0.39, 0.29) is 0 Å². The molecule has 0 aliphatic carbocycles. The predicted molar refractivity (Wildman–Crippen MR) is 75.6 cm³/mol. The minimum atomic E-state index is -0.729. The van der Waals surface area contributed by atoms with Crippen LogP contribution in [0.3, 0.4) is 0 Å². The van der Waals surface area contributed by atoms with Crippen molar-refractivity contribution in [2.75, 3.05) is 11.5 Å². The van der Waals surface area contributed by atoms with Crippen LogP contribution >= 0.6 is 11.8 Å². The number of imidazole rings is 1. The van der Waals surface area contributed by atoms with Crippen molar-refractivity contribution < 1.29 is 9.90 Å². The molecule has 2 aliphatic rings. The Kier molecular flexibility index (Phi) is 3.82. The number of aromatic nitrogens is 2. The molecule has 4 nitrogen and oxygen atoms in total. The lowest BCUT2D eigenvalue weighted by atomic mass is 9.97. The highest BCUT2D eigenvalue weighted by atomic mass is 32.2. The van der Waals surface area contributed by atoms with Gasteiger partial charge in [0.1, 0.15) is 11.7 Å². The molecule has 1 unspecified atom stereocenters. The van der Waals surface area contributed by atoms with Crippen LogP contribution in [-0.4, -0.2) is 32.1 Å². The number of hydrogen-bond acceptors (Lipinski definition) is 3. The quantitative estimate of drug-likeness (QED) is 0.924. The van der Waals surface area contributed by atoms with Crippen LogP contribution < -0.4 is 0 Å². The minimum Gasteiger partial charge on any atom is -0.481 e. The number of carboxylic acids is 1. The summed E-state index contributed by atoms with van der Waals surface area (Å²) < 4.78 is 2.06. The van der Waals surface area contributed by atoms with E-state index in [4.69, 9.17) is 0 Å². The van der Waals surface area contributed by atoms with Gasteiger partial charge in [0.05, 0.1) is 5.69 Å². The van der Waals surface area contributed by atoms with Crippen molar-refractivity contribution in [3.05, 3.63) is 17.7 Å². The van der Waals surface area contributed by atoms with E-state index in [1.165, 1.54) is 24.3 Å². The van der Waals surface area contributed by atoms with Gasteiger partial charge in [0.25, 0.3) is 0 Å². The Labute approximate surface area is 117 Å². The Morgan fingerprint density at radius 3 is 2.95 bits per heavy atom. The average Bonchev–Trinajstić information content (AvgIpc) is 2.81. The molecule has 3 heterocycles. The molecular weight excluding hydrogens is 260 g/mol. The summed E-state index contributed by atoms with van der Waals surface area (Å²) in [6, 6.07) is 0. The van der Waals surface area contributed by atoms with E-state index in [0.717, 1.165) is 43.2 Å². The second-order valence-electron chi connectivity index (χ2n) is 5.58. The summed E-state index contributed by atoms with van der Waals surface area (Å²) in [5.41, 5.74) is 1.10. The Morgan fingerprint density at radius 2 is 2.21 bits per heavy atom. The van der Waals surface area contributed by atoms with E-state index in [0.29, 0.717) is 0 Å². The average molecular weight is 280 g/mol. The molecule has 3 rings (SSSR count). The molecule has 0 aromatic carbocycles. The molecule has 1 saturated heterocycles. The van der Waals surface area contributed by atoms with Crippen molar-refractivity contribution in [3.63, 3.8) is 0 Å². The van der Waals surface area contributed by atoms with Gasteiger partial charge in [-0.2, -0.15) is 11.8 Å².